The third kappa shape index (κ3) is 1.88. The highest BCUT2D eigenvalue weighted by Gasteiger charge is 1.99. The smallest absolute Gasteiger partial charge is 0.139 e. The maximum Gasteiger partial charge on any atom is 0.139 e. The summed E-state index contributed by atoms with van der Waals surface area (Å²) in [6.07, 6.45) is 5.14. The summed E-state index contributed by atoms with van der Waals surface area (Å²) in [7, 11) is 0. The lowest BCUT2D eigenvalue weighted by Gasteiger charge is -1.99. The molecule has 2 heterocycles. The van der Waals surface area contributed by atoms with Gasteiger partial charge in [0.2, 0.25) is 0 Å². The number of aromatic amines is 1. The molecule has 14 heavy (non-hydrogen) atoms. The van der Waals surface area contributed by atoms with E-state index in [9.17, 15) is 0 Å². The Bertz CT molecular complexity index is 495. The maximum atomic E-state index is 5.08. The molecule has 2 aromatic rings. The quantitative estimate of drug-likeness (QED) is 0.808. The highest BCUT2D eigenvalue weighted by atomic mass is 79.9. The molecule has 0 radical (unpaired) electrons. The number of pyridine rings is 1. The zero-order chi connectivity index (χ0) is 9.97. The minimum Gasteiger partial charge on any atom is -0.330 e. The number of nitrogens with one attached hydrogen (secondary N) is 1. The molecule has 0 atom stereocenters. The third-order valence-electron chi connectivity index (χ3n) is 1.69. The van der Waals surface area contributed by atoms with Crippen molar-refractivity contribution in [3.63, 3.8) is 0 Å². The molecule has 1 N–H and O–H groups in total. The first-order chi connectivity index (χ1) is 6.77. The number of nitrogens with zero attached hydrogens (tertiary/aromatic N) is 2. The number of hydrogen-bond donors (Lipinski definition) is 1. The summed E-state index contributed by atoms with van der Waals surface area (Å²) < 4.78 is 1.43. The number of rotatable bonds is 1. The van der Waals surface area contributed by atoms with Gasteiger partial charge in [-0.1, -0.05) is 12.2 Å². The van der Waals surface area contributed by atoms with Crippen LogP contribution in [0.2, 0.25) is 0 Å². The molecule has 0 aliphatic heterocycles. The lowest BCUT2D eigenvalue weighted by atomic mass is 10.3. The van der Waals surface area contributed by atoms with E-state index in [0.29, 0.717) is 4.64 Å². The first-order valence-electron chi connectivity index (χ1n) is 3.92. The Morgan fingerprint density at radius 2 is 2.21 bits per heavy atom. The average Bonchev–Trinajstić information content (AvgIpc) is 2.23. The summed E-state index contributed by atoms with van der Waals surface area (Å²) in [5, 5.41) is 0. The zero-order valence-electron chi connectivity index (χ0n) is 7.07. The van der Waals surface area contributed by atoms with E-state index in [-0.39, 0.29) is 0 Å². The van der Waals surface area contributed by atoms with Crippen molar-refractivity contribution in [2.75, 3.05) is 0 Å². The molecule has 70 valence electrons. The minimum atomic E-state index is 0.638. The molecular formula is C9H6BrN3S. The molecule has 0 aliphatic carbocycles. The molecule has 0 fully saturated rings. The van der Waals surface area contributed by atoms with E-state index >= 15 is 0 Å². The lowest BCUT2D eigenvalue weighted by Crippen LogP contribution is -1.89. The summed E-state index contributed by atoms with van der Waals surface area (Å²) in [4.78, 5) is 11.2. The van der Waals surface area contributed by atoms with Gasteiger partial charge in [0.05, 0.1) is 4.47 Å². The molecule has 0 aromatic carbocycles. The van der Waals surface area contributed by atoms with Crippen molar-refractivity contribution in [2.24, 2.45) is 0 Å². The van der Waals surface area contributed by atoms with Crippen molar-refractivity contribution < 1.29 is 0 Å². The third-order valence-corrected chi connectivity index (χ3v) is 2.88. The Morgan fingerprint density at radius 3 is 2.86 bits per heavy atom. The Kier molecular flexibility index (Phi) is 2.69. The van der Waals surface area contributed by atoms with Crippen molar-refractivity contribution >= 4 is 28.1 Å². The molecule has 0 bridgehead atoms. The summed E-state index contributed by atoms with van der Waals surface area (Å²) >= 11 is 8.37. The van der Waals surface area contributed by atoms with Crippen molar-refractivity contribution in [3.05, 3.63) is 39.8 Å². The molecule has 0 aliphatic rings. The molecule has 2 aromatic heterocycles. The Balaban J connectivity index is 2.54. The molecule has 0 amide bonds. The van der Waals surface area contributed by atoms with Crippen LogP contribution in [0.25, 0.3) is 11.4 Å². The van der Waals surface area contributed by atoms with Crippen LogP contribution in [0, 0.1) is 4.64 Å². The van der Waals surface area contributed by atoms with Gasteiger partial charge in [0.25, 0.3) is 0 Å². The summed E-state index contributed by atoms with van der Waals surface area (Å²) in [6.45, 7) is 0. The van der Waals surface area contributed by atoms with Crippen LogP contribution < -0.4 is 0 Å². The fourth-order valence-corrected chi connectivity index (χ4v) is 1.38. The Labute approximate surface area is 94.4 Å². The fraction of sp³-hybridized carbons (Fsp3) is 0. The number of aromatic nitrogens is 3. The fourth-order valence-electron chi connectivity index (χ4n) is 1.03. The van der Waals surface area contributed by atoms with Gasteiger partial charge >= 0.3 is 0 Å². The Morgan fingerprint density at radius 1 is 1.36 bits per heavy atom. The van der Waals surface area contributed by atoms with Crippen molar-refractivity contribution in [2.45, 2.75) is 0 Å². The molecule has 5 heteroatoms. The zero-order valence-corrected chi connectivity index (χ0v) is 9.47. The predicted molar refractivity (Wildman–Crippen MR) is 60.4 cm³/mol. The number of H-pyrrole nitrogens is 1. The van der Waals surface area contributed by atoms with Gasteiger partial charge in [0.15, 0.2) is 0 Å². The van der Waals surface area contributed by atoms with E-state index in [4.69, 9.17) is 12.2 Å². The van der Waals surface area contributed by atoms with Crippen LogP contribution in [-0.4, -0.2) is 15.0 Å². The standard InChI is InChI=1S/C9H6BrN3S/c10-7-5-12-8(13-9(7)14)6-2-1-3-11-4-6/h1-5H,(H,12,13,14). The summed E-state index contributed by atoms with van der Waals surface area (Å²) in [5.74, 6) is 0.728. The van der Waals surface area contributed by atoms with E-state index < -0.39 is 0 Å². The first kappa shape index (κ1) is 9.48. The van der Waals surface area contributed by atoms with Crippen molar-refractivity contribution in [3.8, 4) is 11.4 Å². The SMILES string of the molecule is S=c1[nH]c(-c2cccnc2)ncc1Br. The summed E-state index contributed by atoms with van der Waals surface area (Å²) in [5.41, 5.74) is 0.922. The molecule has 0 unspecified atom stereocenters. The molecule has 3 nitrogen and oxygen atoms in total. The molecule has 0 saturated carbocycles. The minimum absolute atomic E-state index is 0.638. The normalized spacial score (nSPS) is 10.1. The van der Waals surface area contributed by atoms with Gasteiger partial charge < -0.3 is 4.98 Å². The second kappa shape index (κ2) is 3.98. The van der Waals surface area contributed by atoms with Gasteiger partial charge in [0.1, 0.15) is 10.5 Å². The highest BCUT2D eigenvalue weighted by molar-refractivity contribution is 9.10. The maximum absolute atomic E-state index is 5.08. The number of halogens is 1. The number of hydrogen-bond acceptors (Lipinski definition) is 3. The predicted octanol–water partition coefficient (Wildman–Crippen LogP) is 2.96. The highest BCUT2D eigenvalue weighted by Crippen LogP contribution is 2.15. The molecule has 0 saturated heterocycles. The van der Waals surface area contributed by atoms with Gasteiger partial charge in [-0.2, -0.15) is 0 Å². The van der Waals surface area contributed by atoms with Crippen LogP contribution in [0.1, 0.15) is 0 Å². The van der Waals surface area contributed by atoms with E-state index in [0.717, 1.165) is 15.9 Å². The molecule has 0 spiro atoms. The van der Waals surface area contributed by atoms with Gasteiger partial charge in [0, 0.05) is 24.2 Å². The monoisotopic (exact) mass is 267 g/mol. The largest absolute Gasteiger partial charge is 0.330 e. The molecule has 2 rings (SSSR count). The van der Waals surface area contributed by atoms with Crippen LogP contribution in [0.4, 0.5) is 0 Å². The van der Waals surface area contributed by atoms with Crippen LogP contribution >= 0.6 is 28.1 Å². The van der Waals surface area contributed by atoms with E-state index in [1.165, 1.54) is 0 Å². The van der Waals surface area contributed by atoms with Crippen LogP contribution in [-0.2, 0) is 0 Å². The average molecular weight is 268 g/mol. The van der Waals surface area contributed by atoms with Crippen LogP contribution in [0.3, 0.4) is 0 Å². The van der Waals surface area contributed by atoms with Gasteiger partial charge in [-0.05, 0) is 28.1 Å². The van der Waals surface area contributed by atoms with Crippen LogP contribution in [0.5, 0.6) is 0 Å². The van der Waals surface area contributed by atoms with Crippen molar-refractivity contribution in [1.82, 2.24) is 15.0 Å². The first-order valence-corrected chi connectivity index (χ1v) is 5.13. The van der Waals surface area contributed by atoms with Gasteiger partial charge in [-0.15, -0.1) is 0 Å². The summed E-state index contributed by atoms with van der Waals surface area (Å²) in [6, 6.07) is 3.78. The van der Waals surface area contributed by atoms with E-state index in [1.807, 2.05) is 12.1 Å². The lowest BCUT2D eigenvalue weighted by molar-refractivity contribution is 1.13. The van der Waals surface area contributed by atoms with E-state index in [2.05, 4.69) is 30.9 Å². The second-order valence-electron chi connectivity index (χ2n) is 2.65. The van der Waals surface area contributed by atoms with Gasteiger partial charge in [-0.25, -0.2) is 4.98 Å². The van der Waals surface area contributed by atoms with Crippen molar-refractivity contribution in [1.29, 1.82) is 0 Å². The Hall–Kier alpha value is -1.07. The van der Waals surface area contributed by atoms with Gasteiger partial charge in [-0.3, -0.25) is 4.98 Å². The van der Waals surface area contributed by atoms with Crippen LogP contribution in [0.15, 0.2) is 35.2 Å². The molecular weight excluding hydrogens is 262 g/mol. The topological polar surface area (TPSA) is 41.6 Å². The van der Waals surface area contributed by atoms with E-state index in [1.54, 1.807) is 18.6 Å². The second-order valence-corrected chi connectivity index (χ2v) is 3.91.